The molecule has 0 saturated carbocycles. The molecule has 0 amide bonds. The molecule has 0 radical (unpaired) electrons. The van der Waals surface area contributed by atoms with Crippen molar-refractivity contribution in [3.8, 4) is 5.75 Å². The van der Waals surface area contributed by atoms with E-state index >= 15 is 0 Å². The molecule has 160 valence electrons. The second-order valence-electron chi connectivity index (χ2n) is 7.36. The predicted octanol–water partition coefficient (Wildman–Crippen LogP) is 4.18. The molecule has 2 heterocycles. The van der Waals surface area contributed by atoms with E-state index in [1.807, 2.05) is 42.5 Å². The van der Waals surface area contributed by atoms with E-state index in [-0.39, 0.29) is 4.90 Å². The molecule has 4 aromatic rings. The molecule has 8 heteroatoms. The van der Waals surface area contributed by atoms with Gasteiger partial charge in [0.05, 0.1) is 34.8 Å². The van der Waals surface area contributed by atoms with Crippen LogP contribution in [0.5, 0.6) is 5.75 Å². The van der Waals surface area contributed by atoms with Crippen molar-refractivity contribution < 1.29 is 13.2 Å². The molecule has 0 bridgehead atoms. The molecule has 1 aliphatic rings. The highest BCUT2D eigenvalue weighted by molar-refractivity contribution is 7.89. The fourth-order valence-electron chi connectivity index (χ4n) is 3.88. The third kappa shape index (κ3) is 3.48. The van der Waals surface area contributed by atoms with Gasteiger partial charge in [-0.2, -0.15) is 17.9 Å². The molecule has 1 aromatic heterocycles. The van der Waals surface area contributed by atoms with Crippen LogP contribution in [0.4, 0.5) is 0 Å². The minimum absolute atomic E-state index is 0.191. The Hall–Kier alpha value is -3.78. The van der Waals surface area contributed by atoms with Gasteiger partial charge in [0.15, 0.2) is 0 Å². The van der Waals surface area contributed by atoms with Gasteiger partial charge in [0.2, 0.25) is 0 Å². The number of ether oxygens (including phenoxy) is 1. The highest BCUT2D eigenvalue weighted by atomic mass is 32.2. The minimum atomic E-state index is -3.89. The number of methoxy groups -OCH3 is 1. The number of benzene rings is 3. The average Bonchev–Trinajstić information content (AvgIpc) is 3.30. The van der Waals surface area contributed by atoms with E-state index in [0.29, 0.717) is 23.2 Å². The second-order valence-corrected chi connectivity index (χ2v) is 9.15. The Labute approximate surface area is 186 Å². The van der Waals surface area contributed by atoms with E-state index in [1.165, 1.54) is 4.41 Å². The summed E-state index contributed by atoms with van der Waals surface area (Å²) in [5.41, 5.74) is 3.66. The van der Waals surface area contributed by atoms with E-state index in [0.717, 1.165) is 16.9 Å². The lowest BCUT2D eigenvalue weighted by molar-refractivity contribution is 0.373. The fourth-order valence-corrected chi connectivity index (χ4v) is 5.33. The van der Waals surface area contributed by atoms with Crippen LogP contribution in [-0.4, -0.2) is 35.6 Å². The molecule has 0 fully saturated rings. The quantitative estimate of drug-likeness (QED) is 0.461. The average molecular weight is 445 g/mol. The maximum Gasteiger partial charge on any atom is 0.279 e. The van der Waals surface area contributed by atoms with Gasteiger partial charge in [-0.3, -0.25) is 9.97 Å². The Morgan fingerprint density at radius 3 is 2.41 bits per heavy atom. The summed E-state index contributed by atoms with van der Waals surface area (Å²) in [5, 5.41) is 4.60. The van der Waals surface area contributed by atoms with Gasteiger partial charge in [0, 0.05) is 24.4 Å². The lowest BCUT2D eigenvalue weighted by Crippen LogP contribution is -2.27. The first-order valence-electron chi connectivity index (χ1n) is 10.1. The number of nitrogens with zero attached hydrogens (tertiary/aromatic N) is 4. The van der Waals surface area contributed by atoms with E-state index in [9.17, 15) is 8.42 Å². The molecule has 0 N–H and O–H groups in total. The zero-order valence-corrected chi connectivity index (χ0v) is 18.1. The Balaban J connectivity index is 1.65. The number of sulfonamides is 1. The maximum absolute atomic E-state index is 13.6. The molecule has 1 atom stereocenters. The van der Waals surface area contributed by atoms with Crippen molar-refractivity contribution >= 4 is 26.8 Å². The molecule has 0 aliphatic carbocycles. The Bertz CT molecular complexity index is 1400. The molecule has 5 rings (SSSR count). The summed E-state index contributed by atoms with van der Waals surface area (Å²) in [6.45, 7) is 0. The first-order valence-corrected chi connectivity index (χ1v) is 11.5. The standard InChI is InChI=1S/C24H20N4O3S/c1-31-18-12-10-17(11-13-18)22-16-23(20-8-5-9-21-24(20)26-15-14-25-21)28(27-22)32(29,30)19-6-3-2-4-7-19/h2-15,23H,16H2,1H3. The van der Waals surface area contributed by atoms with E-state index in [4.69, 9.17) is 4.74 Å². The van der Waals surface area contributed by atoms with Crippen LogP contribution in [0.1, 0.15) is 23.6 Å². The summed E-state index contributed by atoms with van der Waals surface area (Å²) in [7, 11) is -2.28. The van der Waals surface area contributed by atoms with Crippen LogP contribution in [0, 0.1) is 0 Å². The van der Waals surface area contributed by atoms with Crippen LogP contribution in [0.25, 0.3) is 11.0 Å². The van der Waals surface area contributed by atoms with Crippen molar-refractivity contribution in [3.63, 3.8) is 0 Å². The van der Waals surface area contributed by atoms with Crippen LogP contribution in [0.15, 0.2) is 95.2 Å². The van der Waals surface area contributed by atoms with Gasteiger partial charge >= 0.3 is 0 Å². The number of aromatic nitrogens is 2. The summed E-state index contributed by atoms with van der Waals surface area (Å²) in [6.07, 6.45) is 3.65. The summed E-state index contributed by atoms with van der Waals surface area (Å²) in [5.74, 6) is 0.724. The smallest absolute Gasteiger partial charge is 0.279 e. The Morgan fingerprint density at radius 1 is 0.906 bits per heavy atom. The fraction of sp³-hybridized carbons (Fsp3) is 0.125. The van der Waals surface area contributed by atoms with Crippen LogP contribution in [0.2, 0.25) is 0 Å². The van der Waals surface area contributed by atoms with E-state index in [2.05, 4.69) is 15.1 Å². The summed E-state index contributed by atoms with van der Waals surface area (Å²) in [4.78, 5) is 9.05. The molecule has 3 aromatic carbocycles. The Kier molecular flexibility index (Phi) is 5.07. The summed E-state index contributed by atoms with van der Waals surface area (Å²) < 4.78 is 33.6. The topological polar surface area (TPSA) is 84.8 Å². The van der Waals surface area contributed by atoms with Gasteiger partial charge in [0.25, 0.3) is 10.0 Å². The van der Waals surface area contributed by atoms with E-state index in [1.54, 1.807) is 49.8 Å². The summed E-state index contributed by atoms with van der Waals surface area (Å²) in [6, 6.07) is 20.9. The number of fused-ring (bicyclic) bond motifs is 1. The molecule has 32 heavy (non-hydrogen) atoms. The van der Waals surface area contributed by atoms with Crippen molar-refractivity contribution in [1.82, 2.24) is 14.4 Å². The van der Waals surface area contributed by atoms with Gasteiger partial charge in [-0.15, -0.1) is 0 Å². The number of hydrazone groups is 1. The number of para-hydroxylation sites is 1. The van der Waals surface area contributed by atoms with Crippen molar-refractivity contribution in [3.05, 3.63) is 96.3 Å². The van der Waals surface area contributed by atoms with Crippen molar-refractivity contribution in [1.29, 1.82) is 0 Å². The maximum atomic E-state index is 13.6. The third-order valence-electron chi connectivity index (χ3n) is 5.47. The normalized spacial score (nSPS) is 16.2. The zero-order valence-electron chi connectivity index (χ0n) is 17.3. The molecule has 1 aliphatic heterocycles. The van der Waals surface area contributed by atoms with Crippen molar-refractivity contribution in [2.45, 2.75) is 17.4 Å². The van der Waals surface area contributed by atoms with Crippen LogP contribution >= 0.6 is 0 Å². The third-order valence-corrected chi connectivity index (χ3v) is 7.17. The van der Waals surface area contributed by atoms with Crippen LogP contribution in [0.3, 0.4) is 0 Å². The highest BCUT2D eigenvalue weighted by Crippen LogP contribution is 2.39. The van der Waals surface area contributed by atoms with Gasteiger partial charge in [0.1, 0.15) is 5.75 Å². The lowest BCUT2D eigenvalue weighted by Gasteiger charge is -2.24. The number of hydrogen-bond acceptors (Lipinski definition) is 6. The van der Waals surface area contributed by atoms with Gasteiger partial charge in [-0.1, -0.05) is 30.3 Å². The van der Waals surface area contributed by atoms with Crippen LogP contribution < -0.4 is 4.74 Å². The predicted molar refractivity (Wildman–Crippen MR) is 122 cm³/mol. The molecular weight excluding hydrogens is 424 g/mol. The SMILES string of the molecule is COc1ccc(C2=NN(S(=O)(=O)c3ccccc3)C(c3cccc4nccnc34)C2)cc1. The molecule has 0 spiro atoms. The second kappa shape index (κ2) is 8.05. The first-order chi connectivity index (χ1) is 15.6. The monoisotopic (exact) mass is 444 g/mol. The zero-order chi connectivity index (χ0) is 22.1. The minimum Gasteiger partial charge on any atom is -0.497 e. The first kappa shape index (κ1) is 20.1. The van der Waals surface area contributed by atoms with Crippen molar-refractivity contribution in [2.75, 3.05) is 7.11 Å². The molecule has 1 unspecified atom stereocenters. The molecule has 7 nitrogen and oxygen atoms in total. The highest BCUT2D eigenvalue weighted by Gasteiger charge is 2.38. The van der Waals surface area contributed by atoms with Gasteiger partial charge in [-0.05, 0) is 48.0 Å². The molecule has 0 saturated heterocycles. The number of rotatable bonds is 5. The largest absolute Gasteiger partial charge is 0.497 e. The van der Waals surface area contributed by atoms with Crippen molar-refractivity contribution in [2.24, 2.45) is 5.10 Å². The van der Waals surface area contributed by atoms with E-state index < -0.39 is 16.1 Å². The Morgan fingerprint density at radius 2 is 1.66 bits per heavy atom. The molecular formula is C24H20N4O3S. The van der Waals surface area contributed by atoms with Crippen LogP contribution in [-0.2, 0) is 10.0 Å². The summed E-state index contributed by atoms with van der Waals surface area (Å²) >= 11 is 0. The van der Waals surface area contributed by atoms with Gasteiger partial charge < -0.3 is 4.74 Å². The number of hydrogen-bond donors (Lipinski definition) is 0. The lowest BCUT2D eigenvalue weighted by atomic mass is 9.98. The van der Waals surface area contributed by atoms with Gasteiger partial charge in [-0.25, -0.2) is 0 Å².